The molecule has 0 aliphatic carbocycles. The number of hydrogen-bond acceptors (Lipinski definition) is 6. The van der Waals surface area contributed by atoms with Gasteiger partial charge < -0.3 is 19.9 Å². The van der Waals surface area contributed by atoms with Crippen molar-refractivity contribution in [2.24, 2.45) is 0 Å². The summed E-state index contributed by atoms with van der Waals surface area (Å²) in [5.74, 6) is -1.33. The van der Waals surface area contributed by atoms with E-state index >= 15 is 0 Å². The number of nitrogens with one attached hydrogen (secondary N) is 2. The largest absolute Gasteiger partial charge is 0.493 e. The van der Waals surface area contributed by atoms with Crippen LogP contribution in [0, 0.1) is 0 Å². The van der Waals surface area contributed by atoms with Crippen molar-refractivity contribution in [1.29, 1.82) is 0 Å². The average molecular weight is 372 g/mol. The summed E-state index contributed by atoms with van der Waals surface area (Å²) in [6, 6.07) is 2.72. The molecule has 0 saturated carbocycles. The van der Waals surface area contributed by atoms with Gasteiger partial charge in [0.1, 0.15) is 4.90 Å². The number of ether oxygens (including phenoxy) is 2. The summed E-state index contributed by atoms with van der Waals surface area (Å²) in [6.45, 7) is 1.41. The Kier molecular flexibility index (Phi) is 7.40. The minimum Gasteiger partial charge on any atom is -0.493 e. The second-order valence-electron chi connectivity index (χ2n) is 4.81. The summed E-state index contributed by atoms with van der Waals surface area (Å²) in [5, 5.41) is 11.2. The van der Waals surface area contributed by atoms with Gasteiger partial charge >= 0.3 is 5.97 Å². The van der Waals surface area contributed by atoms with Crippen LogP contribution in [-0.2, 0) is 19.6 Å². The van der Waals surface area contributed by atoms with Crippen LogP contribution in [0.5, 0.6) is 11.5 Å². The van der Waals surface area contributed by atoms with Crippen LogP contribution in [0.2, 0.25) is 0 Å². The molecule has 138 valence electrons. The summed E-state index contributed by atoms with van der Waals surface area (Å²) in [6.07, 6.45) is 2.11. The number of hydrogen-bond donors (Lipinski definition) is 3. The normalized spacial score (nSPS) is 11.3. The molecule has 0 aliphatic rings. The third-order valence-corrected chi connectivity index (χ3v) is 4.43. The highest BCUT2D eigenvalue weighted by Crippen LogP contribution is 2.35. The van der Waals surface area contributed by atoms with Crippen LogP contribution in [0.25, 0.3) is 6.08 Å². The fourth-order valence-corrected chi connectivity index (χ4v) is 3.16. The van der Waals surface area contributed by atoms with E-state index in [0.717, 1.165) is 6.08 Å². The Bertz CT molecular complexity index is 772. The Morgan fingerprint density at radius 1 is 1.20 bits per heavy atom. The summed E-state index contributed by atoms with van der Waals surface area (Å²) < 4.78 is 37.6. The van der Waals surface area contributed by atoms with Crippen molar-refractivity contribution >= 4 is 28.0 Å². The molecule has 1 aromatic rings. The van der Waals surface area contributed by atoms with E-state index in [0.29, 0.717) is 5.56 Å². The van der Waals surface area contributed by atoms with Gasteiger partial charge in [-0.15, -0.1) is 0 Å². The first-order valence-electron chi connectivity index (χ1n) is 7.12. The number of sulfonamides is 1. The van der Waals surface area contributed by atoms with Gasteiger partial charge in [0.05, 0.1) is 14.2 Å². The molecule has 10 heteroatoms. The highest BCUT2D eigenvalue weighted by atomic mass is 32.2. The molecule has 0 fully saturated rings. The maximum atomic E-state index is 12.5. The number of carbonyl (C=O) groups excluding carboxylic acids is 1. The van der Waals surface area contributed by atoms with Crippen molar-refractivity contribution in [2.45, 2.75) is 11.8 Å². The van der Waals surface area contributed by atoms with E-state index < -0.39 is 16.0 Å². The topological polar surface area (TPSA) is 131 Å². The van der Waals surface area contributed by atoms with E-state index in [1.54, 1.807) is 0 Å². The van der Waals surface area contributed by atoms with Crippen molar-refractivity contribution in [3.05, 3.63) is 23.8 Å². The van der Waals surface area contributed by atoms with Gasteiger partial charge in [0.2, 0.25) is 15.9 Å². The highest BCUT2D eigenvalue weighted by molar-refractivity contribution is 7.89. The van der Waals surface area contributed by atoms with Crippen LogP contribution in [0.15, 0.2) is 23.1 Å². The van der Waals surface area contributed by atoms with Crippen molar-refractivity contribution in [3.8, 4) is 11.5 Å². The lowest BCUT2D eigenvalue weighted by molar-refractivity contribution is -0.131. The number of carboxylic acid groups (broad SMARTS) is 1. The molecule has 0 unspecified atom stereocenters. The van der Waals surface area contributed by atoms with E-state index in [1.165, 1.54) is 39.4 Å². The van der Waals surface area contributed by atoms with Gasteiger partial charge in [-0.2, -0.15) is 0 Å². The first-order valence-corrected chi connectivity index (χ1v) is 8.60. The minimum absolute atomic E-state index is 0.0120. The predicted octanol–water partition coefficient (Wildman–Crippen LogP) is 0.216. The summed E-state index contributed by atoms with van der Waals surface area (Å²) in [5.41, 5.74) is 0.308. The summed E-state index contributed by atoms with van der Waals surface area (Å²) >= 11 is 0. The molecular formula is C15H20N2O7S. The van der Waals surface area contributed by atoms with Crippen LogP contribution >= 0.6 is 0 Å². The zero-order valence-electron chi connectivity index (χ0n) is 14.0. The number of benzene rings is 1. The van der Waals surface area contributed by atoms with Crippen LogP contribution in [0.4, 0.5) is 0 Å². The van der Waals surface area contributed by atoms with Crippen LogP contribution in [-0.4, -0.2) is 52.7 Å². The molecule has 1 rings (SSSR count). The van der Waals surface area contributed by atoms with Gasteiger partial charge in [0.15, 0.2) is 11.5 Å². The third kappa shape index (κ3) is 6.08. The lowest BCUT2D eigenvalue weighted by atomic mass is 10.2. The second kappa shape index (κ2) is 9.04. The van der Waals surface area contributed by atoms with Gasteiger partial charge in [-0.1, -0.05) is 0 Å². The highest BCUT2D eigenvalue weighted by Gasteiger charge is 2.23. The lowest BCUT2D eigenvalue weighted by Gasteiger charge is -2.15. The molecule has 1 amide bonds. The van der Waals surface area contributed by atoms with E-state index in [4.69, 9.17) is 14.6 Å². The summed E-state index contributed by atoms with van der Waals surface area (Å²) in [7, 11) is -1.35. The zero-order valence-corrected chi connectivity index (χ0v) is 14.8. The molecule has 0 aromatic heterocycles. The SMILES string of the molecule is COc1cc(C=CC(=O)O)cc(S(=O)(=O)NCCNC(C)=O)c1OC. The van der Waals surface area contributed by atoms with E-state index in [2.05, 4.69) is 10.0 Å². The molecule has 0 radical (unpaired) electrons. The summed E-state index contributed by atoms with van der Waals surface area (Å²) in [4.78, 5) is 21.3. The predicted molar refractivity (Wildman–Crippen MR) is 90.1 cm³/mol. The zero-order chi connectivity index (χ0) is 19.0. The Hall–Kier alpha value is -2.59. The Morgan fingerprint density at radius 2 is 1.88 bits per heavy atom. The van der Waals surface area contributed by atoms with Gasteiger partial charge in [0, 0.05) is 26.1 Å². The van der Waals surface area contributed by atoms with E-state index in [-0.39, 0.29) is 35.4 Å². The van der Waals surface area contributed by atoms with Crippen molar-refractivity contribution in [1.82, 2.24) is 10.0 Å². The van der Waals surface area contributed by atoms with Gasteiger partial charge in [-0.05, 0) is 23.8 Å². The van der Waals surface area contributed by atoms with Crippen molar-refractivity contribution < 1.29 is 32.6 Å². The first kappa shape index (κ1) is 20.5. The molecular weight excluding hydrogens is 352 g/mol. The third-order valence-electron chi connectivity index (χ3n) is 2.97. The van der Waals surface area contributed by atoms with Crippen LogP contribution < -0.4 is 19.5 Å². The number of rotatable bonds is 9. The number of carbonyl (C=O) groups is 2. The molecule has 0 bridgehead atoms. The molecule has 0 saturated heterocycles. The van der Waals surface area contributed by atoms with Gasteiger partial charge in [0.25, 0.3) is 0 Å². The standard InChI is InChI=1S/C15H20N2O7S/c1-10(18)16-6-7-17-25(21,22)13-9-11(4-5-14(19)20)8-12(23-2)15(13)24-3/h4-5,8-9,17H,6-7H2,1-3H3,(H,16,18)(H,19,20). The quantitative estimate of drug-likeness (QED) is 0.417. The number of aliphatic carboxylic acids is 1. The molecule has 1 aromatic carbocycles. The van der Waals surface area contributed by atoms with Gasteiger partial charge in [-0.25, -0.2) is 17.9 Å². The maximum absolute atomic E-state index is 12.5. The van der Waals surface area contributed by atoms with Crippen LogP contribution in [0.1, 0.15) is 12.5 Å². The monoisotopic (exact) mass is 372 g/mol. The number of amides is 1. The maximum Gasteiger partial charge on any atom is 0.328 e. The average Bonchev–Trinajstić information content (AvgIpc) is 2.55. The minimum atomic E-state index is -3.98. The molecule has 25 heavy (non-hydrogen) atoms. The number of carboxylic acids is 1. The molecule has 9 nitrogen and oxygen atoms in total. The molecule has 0 spiro atoms. The fraction of sp³-hybridized carbons (Fsp3) is 0.333. The second-order valence-corrected chi connectivity index (χ2v) is 6.54. The molecule has 0 aliphatic heterocycles. The number of methoxy groups -OCH3 is 2. The Labute approximate surface area is 145 Å². The van der Waals surface area contributed by atoms with Gasteiger partial charge in [-0.3, -0.25) is 4.79 Å². The molecule has 0 heterocycles. The van der Waals surface area contributed by atoms with E-state index in [9.17, 15) is 18.0 Å². The Balaban J connectivity index is 3.22. The van der Waals surface area contributed by atoms with Crippen molar-refractivity contribution in [3.63, 3.8) is 0 Å². The van der Waals surface area contributed by atoms with Crippen molar-refractivity contribution in [2.75, 3.05) is 27.3 Å². The lowest BCUT2D eigenvalue weighted by Crippen LogP contribution is -2.33. The van der Waals surface area contributed by atoms with Crippen LogP contribution in [0.3, 0.4) is 0 Å². The Morgan fingerprint density at radius 3 is 2.40 bits per heavy atom. The first-order chi connectivity index (χ1) is 11.7. The van der Waals surface area contributed by atoms with E-state index in [1.807, 2.05) is 0 Å². The molecule has 0 atom stereocenters. The smallest absolute Gasteiger partial charge is 0.328 e. The fourth-order valence-electron chi connectivity index (χ4n) is 1.91. The molecule has 3 N–H and O–H groups in total.